The summed E-state index contributed by atoms with van der Waals surface area (Å²) in [6.07, 6.45) is 0. The van der Waals surface area contributed by atoms with Gasteiger partial charge in [-0.15, -0.1) is 34.0 Å². The van der Waals surface area contributed by atoms with Crippen LogP contribution in [0.25, 0.3) is 0 Å². The van der Waals surface area contributed by atoms with Gasteiger partial charge in [0.25, 0.3) is 0 Å². The number of halogens is 6. The highest BCUT2D eigenvalue weighted by Crippen LogP contribution is 1.14. The Morgan fingerprint density at radius 1 is 0.500 bits per heavy atom. The summed E-state index contributed by atoms with van der Waals surface area (Å²) in [6.45, 7) is 4.00. The summed E-state index contributed by atoms with van der Waals surface area (Å²) in [5.74, 6) is 0. The van der Waals surface area contributed by atoms with Crippen LogP contribution >= 0.6 is 34.0 Å². The van der Waals surface area contributed by atoms with Gasteiger partial charge in [0.05, 0.1) is 0 Å². The fourth-order valence-corrected chi connectivity index (χ4v) is 0. The number of hydrogen-bond acceptors (Lipinski definition) is 0. The van der Waals surface area contributed by atoms with E-state index in [0.29, 0.717) is 0 Å². The molecule has 0 saturated heterocycles. The van der Waals surface area contributed by atoms with Gasteiger partial charge in [-0.25, -0.2) is 0 Å². The third-order valence-corrected chi connectivity index (χ3v) is 0. The molecule has 8 heavy (non-hydrogen) atoms. The first kappa shape index (κ1) is 181. The van der Waals surface area contributed by atoms with Crippen LogP contribution in [0.4, 0.5) is 18.8 Å². The highest BCUT2D eigenvalue weighted by Gasteiger charge is 0.932. The maximum atomic E-state index is 2.00. The van der Waals surface area contributed by atoms with E-state index < -0.39 is 0 Å². The molecule has 0 saturated carbocycles. The monoisotopic (exact) mass is 270 g/mol. The maximum absolute atomic E-state index is 2.00. The highest BCUT2D eigenvalue weighted by atomic mass is 79.9. The Labute approximate surface area is 67.0 Å². The van der Waals surface area contributed by atoms with E-state index in [4.69, 9.17) is 0 Å². The van der Waals surface area contributed by atoms with Crippen LogP contribution in [0.5, 0.6) is 0 Å². The summed E-state index contributed by atoms with van der Waals surface area (Å²) >= 11 is 0. The van der Waals surface area contributed by atoms with E-state index in [1.807, 2.05) is 13.8 Å². The topological polar surface area (TPSA) is 0 Å². The maximum Gasteiger partial charge on any atom is -0.0683 e. The second-order valence-electron chi connectivity index (χ2n) is 0. The third-order valence-electron chi connectivity index (χ3n) is 0. The minimum absolute atomic E-state index is 0. The van der Waals surface area contributed by atoms with Crippen molar-refractivity contribution in [2.45, 2.75) is 13.8 Å². The van der Waals surface area contributed by atoms with Gasteiger partial charge in [0, 0.05) is 0 Å². The van der Waals surface area contributed by atoms with Crippen LogP contribution in [0.3, 0.4) is 0 Å². The van der Waals surface area contributed by atoms with Gasteiger partial charge in [-0.05, 0) is 0 Å². The van der Waals surface area contributed by atoms with E-state index in [-0.39, 0.29) is 52.8 Å². The van der Waals surface area contributed by atoms with Crippen molar-refractivity contribution in [3.05, 3.63) is 0 Å². The van der Waals surface area contributed by atoms with Gasteiger partial charge in [-0.2, -0.15) is 0 Å². The van der Waals surface area contributed by atoms with Crippen LogP contribution in [-0.4, -0.2) is 0 Å². The van der Waals surface area contributed by atoms with Gasteiger partial charge < -0.3 is 0 Å². The average molecular weight is 272 g/mol. The molecule has 0 radical (unpaired) electrons. The number of hydrogen-bond donors (Lipinski definition) is 0. The molecule has 62 valence electrons. The first-order valence-electron chi connectivity index (χ1n) is 1.00. The zero-order valence-electron chi connectivity index (χ0n) is 4.45. The molecule has 0 amide bonds. The molecule has 0 bridgehead atoms. The summed E-state index contributed by atoms with van der Waals surface area (Å²) in [5.41, 5.74) is 0. The average Bonchev–Trinajstić information content (AvgIpc) is 1.00. The Morgan fingerprint density at radius 2 is 0.500 bits per heavy atom. The van der Waals surface area contributed by atoms with E-state index in [1.165, 1.54) is 0 Å². The molecular weight excluding hydrogens is 260 g/mol. The van der Waals surface area contributed by atoms with E-state index in [2.05, 4.69) is 0 Å². The lowest BCUT2D eigenvalue weighted by atomic mass is 11.0. The second kappa shape index (κ2) is 741. The first-order chi connectivity index (χ1) is 1.00. The van der Waals surface area contributed by atoms with Gasteiger partial charge in [-0.3, -0.25) is 18.8 Å². The van der Waals surface area contributed by atoms with Crippen molar-refractivity contribution in [3.63, 3.8) is 0 Å². The molecule has 0 aromatic carbocycles. The van der Waals surface area contributed by atoms with Gasteiger partial charge in [-0.1, -0.05) is 13.8 Å². The molecule has 0 nitrogen and oxygen atoms in total. The minimum atomic E-state index is 0. The van der Waals surface area contributed by atoms with Crippen LogP contribution in [0.1, 0.15) is 13.8 Å². The van der Waals surface area contributed by atoms with Gasteiger partial charge in [0.2, 0.25) is 0 Å². The summed E-state index contributed by atoms with van der Waals surface area (Å²) in [7, 11) is 0. The van der Waals surface area contributed by atoms with Gasteiger partial charge in [0.15, 0.2) is 0 Å². The summed E-state index contributed by atoms with van der Waals surface area (Å²) in [6, 6.07) is 0. The lowest BCUT2D eigenvalue weighted by Gasteiger charge is -1.07. The quantitative estimate of drug-likeness (QED) is 0.595. The highest BCUT2D eigenvalue weighted by molar-refractivity contribution is 8.93. The van der Waals surface area contributed by atoms with Crippen molar-refractivity contribution in [2.75, 3.05) is 0 Å². The van der Waals surface area contributed by atoms with Crippen molar-refractivity contribution in [1.29, 1.82) is 0 Å². The van der Waals surface area contributed by atoms with Crippen molar-refractivity contribution >= 4 is 34.0 Å². The molecule has 0 aliphatic carbocycles. The van der Waals surface area contributed by atoms with Crippen LogP contribution in [0.15, 0.2) is 0 Å². The Kier molecular flexibility index (Phi) is 16800. The SMILES string of the molecule is Br.Br.CC.F.F.F.F. The van der Waals surface area contributed by atoms with Crippen LogP contribution in [0, 0.1) is 0 Å². The normalized spacial score (nSPS) is 0.750. The Balaban J connectivity index is -0.000000000333. The first-order valence-corrected chi connectivity index (χ1v) is 1.00. The summed E-state index contributed by atoms with van der Waals surface area (Å²) in [4.78, 5) is 0. The molecule has 0 rings (SSSR count). The predicted molar refractivity (Wildman–Crippen MR) is 42.0 cm³/mol. The minimum Gasteiger partial charge on any atom is -0.269 e. The van der Waals surface area contributed by atoms with Crippen LogP contribution in [0.2, 0.25) is 0 Å². The summed E-state index contributed by atoms with van der Waals surface area (Å²) in [5, 5.41) is 0. The largest absolute Gasteiger partial charge is 0.269 e. The van der Waals surface area contributed by atoms with E-state index in [1.54, 1.807) is 0 Å². The lowest BCUT2D eigenvalue weighted by Crippen LogP contribution is -0.856. The molecular formula is C2H12Br2F4. The molecule has 6 heteroatoms. The van der Waals surface area contributed by atoms with Crippen LogP contribution in [-0.2, 0) is 0 Å². The molecule has 0 N–H and O–H groups in total. The van der Waals surface area contributed by atoms with E-state index in [0.717, 1.165) is 0 Å². The Morgan fingerprint density at radius 3 is 0.500 bits per heavy atom. The van der Waals surface area contributed by atoms with Gasteiger partial charge in [0.1, 0.15) is 0 Å². The van der Waals surface area contributed by atoms with Crippen LogP contribution < -0.4 is 0 Å². The van der Waals surface area contributed by atoms with E-state index >= 15 is 0 Å². The Hall–Kier alpha value is 0.680. The molecule has 0 unspecified atom stereocenters. The van der Waals surface area contributed by atoms with Crippen molar-refractivity contribution in [3.8, 4) is 0 Å². The standard InChI is InChI=1S/C2H6.2BrH.4FH/c1-2;;;;;;/h1-2H3;6*1H. The zero-order chi connectivity index (χ0) is 2.00. The Bertz CT molecular complexity index is 12.0. The lowest BCUT2D eigenvalue weighted by molar-refractivity contribution is 1.11. The van der Waals surface area contributed by atoms with Crippen molar-refractivity contribution in [1.82, 2.24) is 0 Å². The molecule has 0 aromatic heterocycles. The summed E-state index contributed by atoms with van der Waals surface area (Å²) < 4.78 is 0. The molecule has 0 aliphatic heterocycles. The predicted octanol–water partition coefficient (Wildman–Crippen LogP) is 2.79. The fourth-order valence-electron chi connectivity index (χ4n) is 0. The number of rotatable bonds is 0. The smallest absolute Gasteiger partial charge is 0.0683 e. The molecule has 0 aliphatic rings. The third kappa shape index (κ3) is 466. The molecule has 0 aromatic rings. The molecule has 0 fully saturated rings. The van der Waals surface area contributed by atoms with Gasteiger partial charge >= 0.3 is 0 Å². The van der Waals surface area contributed by atoms with Crippen molar-refractivity contribution in [2.24, 2.45) is 0 Å². The van der Waals surface area contributed by atoms with E-state index in [9.17, 15) is 0 Å². The second-order valence-corrected chi connectivity index (χ2v) is 0. The molecule has 0 atom stereocenters. The fraction of sp³-hybridized carbons (Fsp3) is 1.00. The molecule has 0 heterocycles. The zero-order valence-corrected chi connectivity index (χ0v) is 7.88. The molecule has 0 spiro atoms. The van der Waals surface area contributed by atoms with Crippen molar-refractivity contribution < 1.29 is 18.8 Å².